The van der Waals surface area contributed by atoms with Gasteiger partial charge in [0.15, 0.2) is 0 Å². The average molecular weight is 298 g/mol. The maximum Gasteiger partial charge on any atom is 0.302 e. The molecule has 116 valence electrons. The third kappa shape index (κ3) is 1.90. The number of esters is 1. The third-order valence-electron chi connectivity index (χ3n) is 5.38. The van der Waals surface area contributed by atoms with E-state index in [0.29, 0.717) is 12.0 Å². The third-order valence-corrected chi connectivity index (χ3v) is 5.38. The molecule has 1 unspecified atom stereocenters. The van der Waals surface area contributed by atoms with Crippen molar-refractivity contribution in [1.82, 2.24) is 9.88 Å². The van der Waals surface area contributed by atoms with Crippen LogP contribution in [0.2, 0.25) is 0 Å². The van der Waals surface area contributed by atoms with Crippen LogP contribution in [-0.4, -0.2) is 41.6 Å². The van der Waals surface area contributed by atoms with Crippen molar-refractivity contribution in [3.8, 4) is 0 Å². The van der Waals surface area contributed by atoms with Crippen molar-refractivity contribution in [2.24, 2.45) is 5.92 Å². The lowest BCUT2D eigenvalue weighted by Gasteiger charge is -2.48. The number of aromatic amines is 1. The van der Waals surface area contributed by atoms with E-state index in [1.165, 1.54) is 29.0 Å². The molecule has 1 aliphatic heterocycles. The van der Waals surface area contributed by atoms with Crippen LogP contribution >= 0.6 is 0 Å². The maximum absolute atomic E-state index is 11.6. The Bertz CT molecular complexity index is 736. The Morgan fingerprint density at radius 1 is 1.41 bits per heavy atom. The standard InChI is InChI=1S/C18H22N2O2/c1-10-9-20(3)15-7-12-8-19-14-6-4-5-13(16(12)14)17(15)18(10)22-11(2)21/h4-6,8,10,15,17-19H,7,9H2,1-3H3/t10-,15-,17?,18+/m1/s1. The quantitative estimate of drug-likeness (QED) is 0.823. The number of carbonyl (C=O) groups excluding carboxylic acids is 1. The molecule has 2 aliphatic rings. The lowest BCUT2D eigenvalue weighted by Crippen LogP contribution is -2.55. The lowest BCUT2D eigenvalue weighted by molar-refractivity contribution is -0.155. The van der Waals surface area contributed by atoms with Crippen molar-refractivity contribution in [1.29, 1.82) is 0 Å². The topological polar surface area (TPSA) is 45.3 Å². The maximum atomic E-state index is 11.6. The number of rotatable bonds is 1. The molecule has 4 rings (SSSR count). The summed E-state index contributed by atoms with van der Waals surface area (Å²) in [5, 5.41) is 1.34. The predicted molar refractivity (Wildman–Crippen MR) is 85.9 cm³/mol. The molecular weight excluding hydrogens is 276 g/mol. The van der Waals surface area contributed by atoms with E-state index in [9.17, 15) is 4.79 Å². The van der Waals surface area contributed by atoms with E-state index < -0.39 is 0 Å². The van der Waals surface area contributed by atoms with Crippen LogP contribution in [0.25, 0.3) is 10.9 Å². The highest BCUT2D eigenvalue weighted by atomic mass is 16.5. The van der Waals surface area contributed by atoms with Gasteiger partial charge in [0.2, 0.25) is 0 Å². The van der Waals surface area contributed by atoms with Crippen molar-refractivity contribution in [3.63, 3.8) is 0 Å². The molecule has 2 heterocycles. The molecule has 0 amide bonds. The summed E-state index contributed by atoms with van der Waals surface area (Å²) in [6.45, 7) is 4.67. The zero-order chi connectivity index (χ0) is 15.4. The molecule has 4 atom stereocenters. The van der Waals surface area contributed by atoms with Gasteiger partial charge in [0.1, 0.15) is 6.10 Å². The number of benzene rings is 1. The molecule has 1 aliphatic carbocycles. The van der Waals surface area contributed by atoms with Crippen LogP contribution in [0.1, 0.15) is 30.9 Å². The van der Waals surface area contributed by atoms with E-state index in [1.54, 1.807) is 0 Å². The summed E-state index contributed by atoms with van der Waals surface area (Å²) < 4.78 is 5.77. The Kier molecular flexibility index (Phi) is 3.05. The van der Waals surface area contributed by atoms with Gasteiger partial charge in [-0.2, -0.15) is 0 Å². The van der Waals surface area contributed by atoms with Gasteiger partial charge >= 0.3 is 5.97 Å². The molecule has 0 saturated carbocycles. The van der Waals surface area contributed by atoms with Gasteiger partial charge in [-0.05, 0) is 30.7 Å². The monoisotopic (exact) mass is 298 g/mol. The second-order valence-electron chi connectivity index (χ2n) is 6.87. The van der Waals surface area contributed by atoms with Gasteiger partial charge < -0.3 is 14.6 Å². The van der Waals surface area contributed by atoms with Gasteiger partial charge in [-0.1, -0.05) is 19.1 Å². The molecule has 4 heteroatoms. The minimum atomic E-state index is -0.174. The number of fused-ring (bicyclic) bond motifs is 2. The fourth-order valence-electron chi connectivity index (χ4n) is 4.54. The number of hydrogen-bond acceptors (Lipinski definition) is 3. The van der Waals surface area contributed by atoms with Crippen molar-refractivity contribution in [2.45, 2.75) is 38.3 Å². The molecule has 22 heavy (non-hydrogen) atoms. The molecule has 1 saturated heterocycles. The molecule has 1 N–H and O–H groups in total. The van der Waals surface area contributed by atoms with E-state index in [2.05, 4.69) is 48.3 Å². The summed E-state index contributed by atoms with van der Waals surface area (Å²) in [5.74, 6) is 0.419. The average Bonchev–Trinajstić information content (AvgIpc) is 2.88. The van der Waals surface area contributed by atoms with Crippen LogP contribution in [0.3, 0.4) is 0 Å². The molecule has 0 radical (unpaired) electrons. The predicted octanol–water partition coefficient (Wildman–Crippen LogP) is 2.69. The second-order valence-corrected chi connectivity index (χ2v) is 6.87. The number of aromatic nitrogens is 1. The zero-order valence-electron chi connectivity index (χ0n) is 13.3. The van der Waals surface area contributed by atoms with Crippen molar-refractivity contribution in [3.05, 3.63) is 35.5 Å². The second kappa shape index (κ2) is 4.85. The minimum Gasteiger partial charge on any atom is -0.462 e. The first-order valence-corrected chi connectivity index (χ1v) is 8.02. The molecular formula is C18H22N2O2. The van der Waals surface area contributed by atoms with Crippen LogP contribution in [-0.2, 0) is 16.0 Å². The van der Waals surface area contributed by atoms with Crippen LogP contribution in [0.15, 0.2) is 24.4 Å². The fourth-order valence-corrected chi connectivity index (χ4v) is 4.54. The summed E-state index contributed by atoms with van der Waals surface area (Å²) in [6, 6.07) is 6.83. The molecule has 0 spiro atoms. The first kappa shape index (κ1) is 13.8. The molecule has 0 bridgehead atoms. The van der Waals surface area contributed by atoms with Gasteiger partial charge in [-0.25, -0.2) is 0 Å². The van der Waals surface area contributed by atoms with E-state index in [1.807, 2.05) is 0 Å². The molecule has 1 aromatic heterocycles. The zero-order valence-corrected chi connectivity index (χ0v) is 13.3. The Balaban J connectivity index is 1.88. The van der Waals surface area contributed by atoms with Gasteiger partial charge in [-0.15, -0.1) is 0 Å². The van der Waals surface area contributed by atoms with E-state index in [-0.39, 0.29) is 18.0 Å². The highest BCUT2D eigenvalue weighted by molar-refractivity contribution is 5.88. The van der Waals surface area contributed by atoms with Crippen LogP contribution < -0.4 is 0 Å². The number of hydrogen-bond donors (Lipinski definition) is 1. The first-order chi connectivity index (χ1) is 10.6. The highest BCUT2D eigenvalue weighted by Gasteiger charge is 2.46. The fraction of sp³-hybridized carbons (Fsp3) is 0.500. The Hall–Kier alpha value is -1.81. The normalized spacial score (nSPS) is 31.0. The first-order valence-electron chi connectivity index (χ1n) is 8.02. The van der Waals surface area contributed by atoms with Gasteiger partial charge in [0, 0.05) is 48.4 Å². The number of piperidine rings is 1. The smallest absolute Gasteiger partial charge is 0.302 e. The van der Waals surface area contributed by atoms with Crippen LogP contribution in [0.4, 0.5) is 0 Å². The highest BCUT2D eigenvalue weighted by Crippen LogP contribution is 2.45. The number of carbonyl (C=O) groups is 1. The van der Waals surface area contributed by atoms with Gasteiger partial charge in [0.25, 0.3) is 0 Å². The number of likely N-dealkylation sites (N-methyl/N-ethyl adjacent to an activating group) is 1. The lowest BCUT2D eigenvalue weighted by atomic mass is 9.71. The summed E-state index contributed by atoms with van der Waals surface area (Å²) in [7, 11) is 2.19. The molecule has 1 aromatic carbocycles. The minimum absolute atomic E-state index is 0.0349. The number of H-pyrrole nitrogens is 1. The number of ether oxygens (including phenoxy) is 1. The number of nitrogens with one attached hydrogen (secondary N) is 1. The Labute approximate surface area is 130 Å². The number of nitrogens with zero attached hydrogens (tertiary/aromatic N) is 1. The summed E-state index contributed by atoms with van der Waals surface area (Å²) >= 11 is 0. The Morgan fingerprint density at radius 3 is 3.00 bits per heavy atom. The summed E-state index contributed by atoms with van der Waals surface area (Å²) in [6.07, 6.45) is 3.12. The van der Waals surface area contributed by atoms with E-state index in [0.717, 1.165) is 13.0 Å². The SMILES string of the molecule is CC(=O)O[C@@H]1C2c3cccc4[nH]cc(c34)C[C@H]2N(C)C[C@H]1C. The Morgan fingerprint density at radius 2 is 2.23 bits per heavy atom. The molecule has 1 fully saturated rings. The van der Waals surface area contributed by atoms with Crippen molar-refractivity contribution < 1.29 is 9.53 Å². The van der Waals surface area contributed by atoms with Crippen LogP contribution in [0.5, 0.6) is 0 Å². The van der Waals surface area contributed by atoms with E-state index >= 15 is 0 Å². The van der Waals surface area contributed by atoms with E-state index in [4.69, 9.17) is 4.74 Å². The summed E-state index contributed by atoms with van der Waals surface area (Å²) in [4.78, 5) is 17.4. The van der Waals surface area contributed by atoms with Gasteiger partial charge in [0.05, 0.1) is 0 Å². The molecule has 2 aromatic rings. The number of likely N-dealkylation sites (tertiary alicyclic amines) is 1. The van der Waals surface area contributed by atoms with Crippen molar-refractivity contribution in [2.75, 3.05) is 13.6 Å². The summed E-state index contributed by atoms with van der Waals surface area (Å²) in [5.41, 5.74) is 3.90. The van der Waals surface area contributed by atoms with Gasteiger partial charge in [-0.3, -0.25) is 4.79 Å². The largest absolute Gasteiger partial charge is 0.462 e. The molecule has 4 nitrogen and oxygen atoms in total. The van der Waals surface area contributed by atoms with Crippen molar-refractivity contribution >= 4 is 16.9 Å². The van der Waals surface area contributed by atoms with Crippen LogP contribution in [0, 0.1) is 5.92 Å².